The summed E-state index contributed by atoms with van der Waals surface area (Å²) in [6.07, 6.45) is 2.52. The predicted octanol–water partition coefficient (Wildman–Crippen LogP) is -4.76. The van der Waals surface area contributed by atoms with Gasteiger partial charge in [-0.05, 0) is 0 Å². The summed E-state index contributed by atoms with van der Waals surface area (Å²) in [5, 5.41) is 16.4. The Kier molecular flexibility index (Phi) is 4.92. The number of nitrogens with zero attached hydrogens (tertiary/aromatic N) is 3. The minimum Gasteiger partial charge on any atom is -0.541 e. The molecule has 0 unspecified atom stereocenters. The van der Waals surface area contributed by atoms with Crippen molar-refractivity contribution in [2.24, 2.45) is 0 Å². The van der Waals surface area contributed by atoms with E-state index in [9.17, 15) is 9.90 Å². The average molecular weight is 163 g/mol. The molecule has 0 fully saturated rings. The molecule has 0 N–H and O–H groups in total. The number of carboxylic acids is 1. The molecule has 0 radical (unpaired) electrons. The fourth-order valence-electron chi connectivity index (χ4n) is 0.341. The predicted molar refractivity (Wildman–Crippen MR) is 24.2 cm³/mol. The first-order chi connectivity index (χ1) is 4.30. The minimum absolute atomic E-state index is 0. The molecule has 0 spiro atoms. The second-order valence-electron chi connectivity index (χ2n) is 1.25. The van der Waals surface area contributed by atoms with E-state index in [1.807, 2.05) is 0 Å². The van der Waals surface area contributed by atoms with Gasteiger partial charge in [-0.1, -0.05) is 0 Å². The van der Waals surface area contributed by atoms with Gasteiger partial charge in [-0.25, -0.2) is 4.98 Å². The van der Waals surface area contributed by atoms with Crippen molar-refractivity contribution in [2.45, 2.75) is 0 Å². The summed E-state index contributed by atoms with van der Waals surface area (Å²) < 4.78 is 0. The molecule has 10 heavy (non-hydrogen) atoms. The summed E-state index contributed by atoms with van der Waals surface area (Å²) in [7, 11) is 0. The Bertz CT molecular complexity index is 215. The standard InChI is InChI=1S/C4H3N3O2.K/c8-4(9)3-5-1-2-6-7-3;/h1-2H,(H,8,9);/q;+1/p-1. The Morgan fingerprint density at radius 2 is 2.20 bits per heavy atom. The Balaban J connectivity index is 0.000000810. The smallest absolute Gasteiger partial charge is 0.541 e. The third-order valence-corrected chi connectivity index (χ3v) is 0.665. The van der Waals surface area contributed by atoms with Gasteiger partial charge in [0, 0.05) is 6.20 Å². The van der Waals surface area contributed by atoms with Crippen LogP contribution in [0.5, 0.6) is 0 Å². The van der Waals surface area contributed by atoms with Gasteiger partial charge in [-0.3, -0.25) is 0 Å². The molecule has 0 bridgehead atoms. The summed E-state index contributed by atoms with van der Waals surface area (Å²) >= 11 is 0. The Morgan fingerprint density at radius 3 is 2.50 bits per heavy atom. The SMILES string of the molecule is O=C([O-])c1nccnn1.[K+]. The largest absolute Gasteiger partial charge is 1.00 e. The van der Waals surface area contributed by atoms with Gasteiger partial charge in [0.25, 0.3) is 0 Å². The van der Waals surface area contributed by atoms with Crippen LogP contribution in [0, 0.1) is 0 Å². The van der Waals surface area contributed by atoms with Gasteiger partial charge < -0.3 is 9.90 Å². The second-order valence-corrected chi connectivity index (χ2v) is 1.25. The van der Waals surface area contributed by atoms with E-state index in [-0.39, 0.29) is 51.4 Å². The van der Waals surface area contributed by atoms with Crippen molar-refractivity contribution in [1.29, 1.82) is 0 Å². The van der Waals surface area contributed by atoms with Crippen molar-refractivity contribution in [2.75, 3.05) is 0 Å². The van der Waals surface area contributed by atoms with Crippen LogP contribution in [0.25, 0.3) is 0 Å². The van der Waals surface area contributed by atoms with Gasteiger partial charge in [0.2, 0.25) is 0 Å². The zero-order valence-corrected chi connectivity index (χ0v) is 8.44. The van der Waals surface area contributed by atoms with E-state index in [0.29, 0.717) is 0 Å². The third-order valence-electron chi connectivity index (χ3n) is 0.665. The van der Waals surface area contributed by atoms with E-state index in [1.54, 1.807) is 0 Å². The van der Waals surface area contributed by atoms with Crippen LogP contribution in [0.4, 0.5) is 0 Å². The van der Waals surface area contributed by atoms with Gasteiger partial charge in [0.05, 0.1) is 6.20 Å². The summed E-state index contributed by atoms with van der Waals surface area (Å²) in [6, 6.07) is 0. The third kappa shape index (κ3) is 2.80. The normalized spacial score (nSPS) is 8.00. The van der Waals surface area contributed by atoms with E-state index >= 15 is 0 Å². The monoisotopic (exact) mass is 163 g/mol. The molecule has 0 atom stereocenters. The maximum absolute atomic E-state index is 9.92. The average Bonchev–Trinajstić information content (AvgIpc) is 1.90. The van der Waals surface area contributed by atoms with Gasteiger partial charge in [-0.2, -0.15) is 5.10 Å². The first kappa shape index (κ1) is 10.1. The minimum atomic E-state index is -1.41. The van der Waals surface area contributed by atoms with Crippen LogP contribution < -0.4 is 56.5 Å². The molecule has 5 nitrogen and oxygen atoms in total. The number of aromatic carboxylic acids is 1. The second kappa shape index (κ2) is 4.86. The van der Waals surface area contributed by atoms with E-state index < -0.39 is 11.8 Å². The van der Waals surface area contributed by atoms with Crippen LogP contribution in [0.3, 0.4) is 0 Å². The molecule has 0 aliphatic heterocycles. The number of carbonyl (C=O) groups is 1. The molecular formula is C4H2KN3O2. The molecule has 0 aromatic carbocycles. The first-order valence-electron chi connectivity index (χ1n) is 2.16. The van der Waals surface area contributed by atoms with Crippen LogP contribution >= 0.6 is 0 Å². The van der Waals surface area contributed by atoms with E-state index in [2.05, 4.69) is 15.2 Å². The molecular weight excluding hydrogens is 161 g/mol. The Morgan fingerprint density at radius 1 is 1.50 bits per heavy atom. The van der Waals surface area contributed by atoms with Gasteiger partial charge in [0.1, 0.15) is 5.97 Å². The van der Waals surface area contributed by atoms with Crippen LogP contribution in [0.2, 0.25) is 0 Å². The molecule has 0 amide bonds. The number of hydrogen-bond acceptors (Lipinski definition) is 5. The van der Waals surface area contributed by atoms with Crippen molar-refractivity contribution in [3.8, 4) is 0 Å². The quantitative estimate of drug-likeness (QED) is 0.388. The van der Waals surface area contributed by atoms with Crippen molar-refractivity contribution >= 4 is 5.97 Å². The van der Waals surface area contributed by atoms with Crippen LogP contribution in [0.15, 0.2) is 12.4 Å². The number of hydrogen-bond donors (Lipinski definition) is 0. The molecule has 46 valence electrons. The summed E-state index contributed by atoms with van der Waals surface area (Å²) in [5.74, 6) is -1.81. The Hall–Kier alpha value is 0.116. The molecule has 0 saturated carbocycles. The fourth-order valence-corrected chi connectivity index (χ4v) is 0.341. The van der Waals surface area contributed by atoms with Crippen molar-refractivity contribution in [3.05, 3.63) is 18.2 Å². The van der Waals surface area contributed by atoms with Crippen molar-refractivity contribution < 1.29 is 61.3 Å². The molecule has 6 heteroatoms. The Labute approximate surface area is 99.3 Å². The first-order valence-corrected chi connectivity index (χ1v) is 2.16. The van der Waals surface area contributed by atoms with Gasteiger partial charge in [-0.15, -0.1) is 5.10 Å². The van der Waals surface area contributed by atoms with Crippen molar-refractivity contribution in [1.82, 2.24) is 15.2 Å². The molecule has 0 aliphatic carbocycles. The number of carbonyl (C=O) groups excluding carboxylic acids is 1. The zero-order valence-electron chi connectivity index (χ0n) is 5.31. The van der Waals surface area contributed by atoms with Crippen LogP contribution in [-0.4, -0.2) is 21.2 Å². The fraction of sp³-hybridized carbons (Fsp3) is 0. The van der Waals surface area contributed by atoms with Crippen molar-refractivity contribution in [3.63, 3.8) is 0 Å². The molecule has 0 aliphatic rings. The van der Waals surface area contributed by atoms with Crippen LogP contribution in [-0.2, 0) is 0 Å². The number of rotatable bonds is 1. The van der Waals surface area contributed by atoms with Gasteiger partial charge >= 0.3 is 51.4 Å². The molecule has 1 aromatic rings. The number of carboxylic acid groups (broad SMARTS) is 1. The van der Waals surface area contributed by atoms with Crippen LogP contribution in [0.1, 0.15) is 10.6 Å². The summed E-state index contributed by atoms with van der Waals surface area (Å²) in [5.41, 5.74) is 0. The molecule has 0 saturated heterocycles. The molecule has 1 heterocycles. The van der Waals surface area contributed by atoms with E-state index in [0.717, 1.165) is 0 Å². The topological polar surface area (TPSA) is 78.8 Å². The zero-order chi connectivity index (χ0) is 6.69. The maximum Gasteiger partial charge on any atom is 1.00 e. The van der Waals surface area contributed by atoms with Gasteiger partial charge in [0.15, 0.2) is 5.82 Å². The van der Waals surface area contributed by atoms with E-state index in [4.69, 9.17) is 0 Å². The number of aromatic nitrogens is 3. The van der Waals surface area contributed by atoms with E-state index in [1.165, 1.54) is 12.4 Å². The molecule has 1 rings (SSSR count). The maximum atomic E-state index is 9.92. The summed E-state index contributed by atoms with van der Waals surface area (Å²) in [6.45, 7) is 0. The molecule has 1 aromatic heterocycles. The summed E-state index contributed by atoms with van der Waals surface area (Å²) in [4.78, 5) is 13.3.